The number of nitrogens with zero attached hydrogens (tertiary/aromatic N) is 2. The molecule has 0 saturated heterocycles. The number of halogens is 6. The molecule has 3 rings (SSSR count). The molecule has 2 aromatic carbocycles. The molecule has 1 aliphatic heterocycles. The van der Waals surface area contributed by atoms with Gasteiger partial charge in [0.2, 0.25) is 0 Å². The van der Waals surface area contributed by atoms with Crippen molar-refractivity contribution in [3.8, 4) is 0 Å². The highest BCUT2D eigenvalue weighted by molar-refractivity contribution is 6.02. The third kappa shape index (κ3) is 3.79. The van der Waals surface area contributed by atoms with Gasteiger partial charge in [-0.3, -0.25) is 0 Å². The molecule has 2 aromatic rings. The van der Waals surface area contributed by atoms with Crippen molar-refractivity contribution in [3.63, 3.8) is 0 Å². The first kappa shape index (κ1) is 20.7. The SMILES string of the molecule is Cc1cc(C2=NOC(c3cccc(C(F)(F)F)c3)(C(F)(F)F)C2)ccc1/C=N/O. The molecular formula is C19H14F6N2O2. The van der Waals surface area contributed by atoms with E-state index in [2.05, 4.69) is 10.3 Å². The summed E-state index contributed by atoms with van der Waals surface area (Å²) < 4.78 is 80.8. The molecule has 0 bridgehead atoms. The van der Waals surface area contributed by atoms with Crippen molar-refractivity contribution in [1.82, 2.24) is 0 Å². The fourth-order valence-corrected chi connectivity index (χ4v) is 3.07. The zero-order valence-corrected chi connectivity index (χ0v) is 14.8. The van der Waals surface area contributed by atoms with Gasteiger partial charge >= 0.3 is 12.4 Å². The van der Waals surface area contributed by atoms with Gasteiger partial charge in [0, 0.05) is 12.0 Å². The standard InChI is InChI=1S/C19H14F6N2O2/c1-11-7-12(5-6-13(11)10-26-28)16-9-17(29-27-16,19(23,24)25)14-3-2-4-15(8-14)18(20,21)22/h2-8,10,28H,9H2,1H3/b26-10+. The summed E-state index contributed by atoms with van der Waals surface area (Å²) in [6, 6.07) is 7.47. The first-order valence-electron chi connectivity index (χ1n) is 8.26. The van der Waals surface area contributed by atoms with Crippen molar-refractivity contribution in [2.24, 2.45) is 10.3 Å². The van der Waals surface area contributed by atoms with Crippen LogP contribution in [0.2, 0.25) is 0 Å². The lowest BCUT2D eigenvalue weighted by molar-refractivity contribution is -0.276. The number of hydrogen-bond donors (Lipinski definition) is 1. The third-order valence-electron chi connectivity index (χ3n) is 4.64. The second kappa shape index (κ2) is 7.09. The fraction of sp³-hybridized carbons (Fsp3) is 0.263. The summed E-state index contributed by atoms with van der Waals surface area (Å²) in [6.45, 7) is 1.65. The highest BCUT2D eigenvalue weighted by Crippen LogP contribution is 2.49. The molecule has 0 aromatic heterocycles. The van der Waals surface area contributed by atoms with Gasteiger partial charge in [-0.05, 0) is 41.8 Å². The quantitative estimate of drug-likeness (QED) is 0.315. The molecule has 4 nitrogen and oxygen atoms in total. The van der Waals surface area contributed by atoms with E-state index >= 15 is 0 Å². The topological polar surface area (TPSA) is 54.2 Å². The maximum absolute atomic E-state index is 13.9. The number of rotatable bonds is 3. The van der Waals surface area contributed by atoms with E-state index in [1.807, 2.05) is 0 Å². The van der Waals surface area contributed by atoms with E-state index < -0.39 is 35.5 Å². The molecule has 0 aliphatic carbocycles. The highest BCUT2D eigenvalue weighted by Gasteiger charge is 2.62. The van der Waals surface area contributed by atoms with Gasteiger partial charge in [-0.15, -0.1) is 0 Å². The van der Waals surface area contributed by atoms with Crippen molar-refractivity contribution in [3.05, 3.63) is 70.3 Å². The minimum absolute atomic E-state index is 0.0599. The molecule has 1 unspecified atom stereocenters. The summed E-state index contributed by atoms with van der Waals surface area (Å²) in [5, 5.41) is 15.0. The zero-order chi connectivity index (χ0) is 21.4. The summed E-state index contributed by atoms with van der Waals surface area (Å²) >= 11 is 0. The smallest absolute Gasteiger partial charge is 0.411 e. The minimum Gasteiger partial charge on any atom is -0.411 e. The van der Waals surface area contributed by atoms with Crippen LogP contribution in [0, 0.1) is 6.92 Å². The van der Waals surface area contributed by atoms with Crippen molar-refractivity contribution in [1.29, 1.82) is 0 Å². The van der Waals surface area contributed by atoms with Crippen LogP contribution >= 0.6 is 0 Å². The molecular weight excluding hydrogens is 402 g/mol. The van der Waals surface area contributed by atoms with Crippen LogP contribution in [0.1, 0.15) is 34.2 Å². The summed E-state index contributed by atoms with van der Waals surface area (Å²) in [5.41, 5.74) is -3.52. The van der Waals surface area contributed by atoms with Crippen LogP contribution in [-0.2, 0) is 16.6 Å². The lowest BCUT2D eigenvalue weighted by atomic mass is 9.85. The summed E-state index contributed by atoms with van der Waals surface area (Å²) in [5.74, 6) is 0. The molecule has 0 amide bonds. The molecule has 1 N–H and O–H groups in total. The molecule has 10 heteroatoms. The number of oxime groups is 2. The van der Waals surface area contributed by atoms with Crippen LogP contribution in [0.5, 0.6) is 0 Å². The Kier molecular flexibility index (Phi) is 5.06. The summed E-state index contributed by atoms with van der Waals surface area (Å²) in [4.78, 5) is 4.77. The Bertz CT molecular complexity index is 981. The molecule has 154 valence electrons. The van der Waals surface area contributed by atoms with E-state index in [-0.39, 0.29) is 5.71 Å². The Labute approximate surface area is 161 Å². The number of alkyl halides is 6. The first-order valence-corrected chi connectivity index (χ1v) is 8.26. The van der Waals surface area contributed by atoms with Gasteiger partial charge in [0.15, 0.2) is 0 Å². The van der Waals surface area contributed by atoms with Crippen LogP contribution in [0.15, 0.2) is 52.8 Å². The van der Waals surface area contributed by atoms with Crippen LogP contribution < -0.4 is 0 Å². The molecule has 0 radical (unpaired) electrons. The van der Waals surface area contributed by atoms with Gasteiger partial charge in [-0.1, -0.05) is 34.6 Å². The average molecular weight is 416 g/mol. The van der Waals surface area contributed by atoms with Gasteiger partial charge < -0.3 is 10.0 Å². The Morgan fingerprint density at radius 2 is 1.83 bits per heavy atom. The van der Waals surface area contributed by atoms with Crippen LogP contribution in [0.25, 0.3) is 0 Å². The van der Waals surface area contributed by atoms with Gasteiger partial charge in [-0.25, -0.2) is 0 Å². The second-order valence-electron chi connectivity index (χ2n) is 6.53. The van der Waals surface area contributed by atoms with Gasteiger partial charge in [0.1, 0.15) is 0 Å². The second-order valence-corrected chi connectivity index (χ2v) is 6.53. The highest BCUT2D eigenvalue weighted by atomic mass is 19.4. The largest absolute Gasteiger partial charge is 0.435 e. The molecule has 1 heterocycles. The van der Waals surface area contributed by atoms with E-state index in [9.17, 15) is 26.3 Å². The summed E-state index contributed by atoms with van der Waals surface area (Å²) in [7, 11) is 0. The van der Waals surface area contributed by atoms with Crippen LogP contribution in [0.4, 0.5) is 26.3 Å². The van der Waals surface area contributed by atoms with E-state index in [1.165, 1.54) is 18.2 Å². The predicted octanol–water partition coefficient (Wildman–Crippen LogP) is 5.40. The first-order chi connectivity index (χ1) is 13.5. The minimum atomic E-state index is -5.01. The lowest BCUT2D eigenvalue weighted by Crippen LogP contribution is -2.42. The van der Waals surface area contributed by atoms with E-state index in [1.54, 1.807) is 6.92 Å². The Morgan fingerprint density at radius 3 is 2.41 bits per heavy atom. The van der Waals surface area contributed by atoms with E-state index in [0.29, 0.717) is 28.8 Å². The molecule has 0 saturated carbocycles. The predicted molar refractivity (Wildman–Crippen MR) is 92.0 cm³/mol. The van der Waals surface area contributed by atoms with E-state index in [4.69, 9.17) is 10.0 Å². The Hall–Kier alpha value is -3.04. The van der Waals surface area contributed by atoms with Crippen LogP contribution in [0.3, 0.4) is 0 Å². The summed E-state index contributed by atoms with van der Waals surface area (Å²) in [6.07, 6.45) is -9.44. The normalized spacial score (nSPS) is 20.0. The monoisotopic (exact) mass is 416 g/mol. The van der Waals surface area contributed by atoms with Crippen LogP contribution in [-0.4, -0.2) is 23.3 Å². The number of benzene rings is 2. The van der Waals surface area contributed by atoms with Crippen molar-refractivity contribution in [2.75, 3.05) is 0 Å². The maximum Gasteiger partial charge on any atom is 0.435 e. The average Bonchev–Trinajstić information content (AvgIpc) is 3.10. The van der Waals surface area contributed by atoms with Crippen molar-refractivity contribution in [2.45, 2.75) is 31.3 Å². The molecule has 29 heavy (non-hydrogen) atoms. The van der Waals surface area contributed by atoms with Gasteiger partial charge in [0.05, 0.1) is 17.5 Å². The maximum atomic E-state index is 13.9. The Balaban J connectivity index is 2.01. The molecule has 0 spiro atoms. The van der Waals surface area contributed by atoms with Crippen molar-refractivity contribution >= 4 is 11.9 Å². The van der Waals surface area contributed by atoms with Gasteiger partial charge in [0.25, 0.3) is 5.60 Å². The molecule has 1 atom stereocenters. The van der Waals surface area contributed by atoms with Crippen molar-refractivity contribution < 1.29 is 36.4 Å². The lowest BCUT2D eigenvalue weighted by Gasteiger charge is -2.30. The number of aryl methyl sites for hydroxylation is 1. The molecule has 0 fully saturated rings. The van der Waals surface area contributed by atoms with Gasteiger partial charge in [-0.2, -0.15) is 26.3 Å². The molecule has 1 aliphatic rings. The van der Waals surface area contributed by atoms with E-state index in [0.717, 1.165) is 18.3 Å². The fourth-order valence-electron chi connectivity index (χ4n) is 3.07. The Morgan fingerprint density at radius 1 is 1.10 bits per heavy atom. The zero-order valence-electron chi connectivity index (χ0n) is 14.8. The number of hydrogen-bond acceptors (Lipinski definition) is 4. The third-order valence-corrected chi connectivity index (χ3v) is 4.64.